The van der Waals surface area contributed by atoms with Crippen LogP contribution in [0.15, 0.2) is 36.5 Å². The Morgan fingerprint density at radius 1 is 1.19 bits per heavy atom. The molecule has 0 radical (unpaired) electrons. The van der Waals surface area contributed by atoms with Crippen molar-refractivity contribution in [1.82, 2.24) is 14.8 Å². The highest BCUT2D eigenvalue weighted by Gasteiger charge is 2.58. The second-order valence-electron chi connectivity index (χ2n) is 12.3. The fourth-order valence-corrected chi connectivity index (χ4v) is 6.48. The van der Waals surface area contributed by atoms with Crippen LogP contribution in [0.5, 0.6) is 5.88 Å². The van der Waals surface area contributed by atoms with E-state index in [0.29, 0.717) is 43.1 Å². The van der Waals surface area contributed by atoms with E-state index in [1.165, 1.54) is 24.0 Å². The zero-order valence-electron chi connectivity index (χ0n) is 23.6. The van der Waals surface area contributed by atoms with Crippen LogP contribution in [0, 0.1) is 17.2 Å². The van der Waals surface area contributed by atoms with Gasteiger partial charge in [0.05, 0.1) is 18.1 Å². The van der Waals surface area contributed by atoms with E-state index in [0.717, 1.165) is 12.8 Å². The number of hydrogen-bond acceptors (Lipinski definition) is 7. The van der Waals surface area contributed by atoms with Crippen LogP contribution in [0.4, 0.5) is 17.6 Å². The average Bonchev–Trinajstić information content (AvgIpc) is 3.24. The van der Waals surface area contributed by atoms with Gasteiger partial charge in [0.2, 0.25) is 11.8 Å². The molecule has 3 fully saturated rings. The maximum atomic E-state index is 15.1. The summed E-state index contributed by atoms with van der Waals surface area (Å²) in [7, 11) is 0. The summed E-state index contributed by atoms with van der Waals surface area (Å²) in [5, 5.41) is 20.9. The van der Waals surface area contributed by atoms with E-state index in [1.54, 1.807) is 24.4 Å². The van der Waals surface area contributed by atoms with Gasteiger partial charge < -0.3 is 25.6 Å². The van der Waals surface area contributed by atoms with Gasteiger partial charge in [0, 0.05) is 42.9 Å². The molecule has 0 bridgehead atoms. The number of aliphatic hydroxyl groups excluding tert-OH is 2. The number of nitrogens with two attached hydrogens (primary N) is 1. The lowest BCUT2D eigenvalue weighted by molar-refractivity contribution is -0.256. The van der Waals surface area contributed by atoms with Gasteiger partial charge in [-0.1, -0.05) is 18.6 Å². The number of likely N-dealkylation sites (tertiary alicyclic amines) is 2. The molecule has 1 saturated carbocycles. The summed E-state index contributed by atoms with van der Waals surface area (Å²) in [6, 6.07) is 7.75. The van der Waals surface area contributed by atoms with E-state index in [1.807, 2.05) is 4.90 Å². The van der Waals surface area contributed by atoms with Crippen LogP contribution in [-0.2, 0) is 4.79 Å². The van der Waals surface area contributed by atoms with Crippen molar-refractivity contribution in [2.45, 2.75) is 69.5 Å². The summed E-state index contributed by atoms with van der Waals surface area (Å²) < 4.78 is 61.5. The summed E-state index contributed by atoms with van der Waals surface area (Å²) in [6.45, 7) is 3.24. The third-order valence-electron chi connectivity index (χ3n) is 9.46. The third kappa shape index (κ3) is 5.99. The number of rotatable bonds is 9. The smallest absolute Gasteiger partial charge is 0.395 e. The summed E-state index contributed by atoms with van der Waals surface area (Å²) in [5.41, 5.74) is 3.78. The lowest BCUT2D eigenvalue weighted by atomic mass is 9.67. The Morgan fingerprint density at radius 2 is 1.88 bits per heavy atom. The first-order chi connectivity index (χ1) is 19.8. The summed E-state index contributed by atoms with van der Waals surface area (Å²) in [5.74, 6) is -0.764. The van der Waals surface area contributed by atoms with Gasteiger partial charge >= 0.3 is 6.18 Å². The van der Waals surface area contributed by atoms with E-state index in [4.69, 9.17) is 10.5 Å². The first kappa shape index (κ1) is 30.7. The van der Waals surface area contributed by atoms with Gasteiger partial charge in [-0.25, -0.2) is 9.37 Å². The second-order valence-corrected chi connectivity index (χ2v) is 12.3. The van der Waals surface area contributed by atoms with Crippen molar-refractivity contribution in [3.63, 3.8) is 0 Å². The van der Waals surface area contributed by atoms with Crippen LogP contribution in [0.3, 0.4) is 0 Å². The number of carbonyl (C=O) groups excluding carboxylic acids is 1. The maximum absolute atomic E-state index is 15.1. The molecule has 3 atom stereocenters. The molecule has 8 nitrogen and oxygen atoms in total. The first-order valence-electron chi connectivity index (χ1n) is 14.4. The average molecular weight is 595 g/mol. The number of piperidine rings is 1. The van der Waals surface area contributed by atoms with Crippen molar-refractivity contribution in [2.24, 2.45) is 17.1 Å². The molecule has 1 aromatic carbocycles. The molecule has 1 aliphatic carbocycles. The number of halogens is 4. The monoisotopic (exact) mass is 594 g/mol. The lowest BCUT2D eigenvalue weighted by Gasteiger charge is -2.47. The fourth-order valence-electron chi connectivity index (χ4n) is 6.48. The highest BCUT2D eigenvalue weighted by Crippen LogP contribution is 2.53. The first-order valence-corrected chi connectivity index (χ1v) is 14.4. The molecule has 3 heterocycles. The van der Waals surface area contributed by atoms with Crippen LogP contribution in [-0.4, -0.2) is 81.5 Å². The number of amides is 1. The van der Waals surface area contributed by atoms with Crippen molar-refractivity contribution in [3.8, 4) is 17.0 Å². The van der Waals surface area contributed by atoms with E-state index >= 15 is 4.39 Å². The number of alkyl halides is 3. The predicted molar refractivity (Wildman–Crippen MR) is 147 cm³/mol. The molecule has 3 aliphatic rings. The highest BCUT2D eigenvalue weighted by atomic mass is 19.4. The molecule has 2 saturated heterocycles. The van der Waals surface area contributed by atoms with Crippen LogP contribution in [0.25, 0.3) is 11.1 Å². The molecule has 42 heavy (non-hydrogen) atoms. The Labute approximate surface area is 242 Å². The quantitative estimate of drug-likeness (QED) is 0.376. The fraction of sp³-hybridized carbons (Fsp3) is 0.600. The number of hydrogen-bond donors (Lipinski definition) is 3. The van der Waals surface area contributed by atoms with Crippen molar-refractivity contribution in [2.75, 3.05) is 32.8 Å². The molecular formula is C30H38F4N4O4. The van der Waals surface area contributed by atoms with Gasteiger partial charge in [0.15, 0.2) is 0 Å². The van der Waals surface area contributed by atoms with E-state index < -0.39 is 41.2 Å². The Bertz CT molecular complexity index is 1260. The Morgan fingerprint density at radius 3 is 2.43 bits per heavy atom. The summed E-state index contributed by atoms with van der Waals surface area (Å²) >= 11 is 0. The van der Waals surface area contributed by atoms with Crippen molar-refractivity contribution >= 4 is 5.91 Å². The number of nitrogens with zero attached hydrogens (tertiary/aromatic N) is 3. The molecule has 2 aliphatic heterocycles. The van der Waals surface area contributed by atoms with E-state index in [9.17, 15) is 28.2 Å². The second kappa shape index (κ2) is 11.7. The molecule has 1 amide bonds. The normalized spacial score (nSPS) is 26.1. The topological polar surface area (TPSA) is 112 Å². The summed E-state index contributed by atoms with van der Waals surface area (Å²) in [6.07, 6.45) is -2.29. The number of aliphatic hydroxyl groups is 2. The number of aromatic nitrogens is 1. The Balaban J connectivity index is 1.14. The molecule has 5 rings (SSSR count). The zero-order valence-corrected chi connectivity index (χ0v) is 23.6. The van der Waals surface area contributed by atoms with Gasteiger partial charge in [-0.3, -0.25) is 9.69 Å². The Hall–Kier alpha value is -2.80. The van der Waals surface area contributed by atoms with Gasteiger partial charge in [-0.2, -0.15) is 13.2 Å². The van der Waals surface area contributed by atoms with Crippen LogP contribution in [0.2, 0.25) is 0 Å². The minimum absolute atomic E-state index is 0.0228. The van der Waals surface area contributed by atoms with Crippen molar-refractivity contribution in [1.29, 1.82) is 0 Å². The van der Waals surface area contributed by atoms with E-state index in [2.05, 4.69) is 4.98 Å². The molecule has 12 heteroatoms. The number of pyridine rings is 1. The van der Waals surface area contributed by atoms with Crippen LogP contribution >= 0.6 is 0 Å². The Kier molecular flexibility index (Phi) is 8.54. The maximum Gasteiger partial charge on any atom is 0.395 e. The molecule has 1 aromatic heterocycles. The SMILES string of the molecule is C[C@@]1(C(N)=O)C[C@@H](O)CN1C(O)c1ccc(-c2ccc(OCC3CCN(CC4(C(F)(F)F)CCC4)CC3)nc2)cc1F. The molecule has 2 aromatic rings. The number of primary amides is 1. The molecular weight excluding hydrogens is 556 g/mol. The molecule has 4 N–H and O–H groups in total. The minimum atomic E-state index is -4.15. The minimum Gasteiger partial charge on any atom is -0.477 e. The van der Waals surface area contributed by atoms with Crippen LogP contribution < -0.4 is 10.5 Å². The van der Waals surface area contributed by atoms with Gasteiger partial charge in [0.1, 0.15) is 17.6 Å². The predicted octanol–water partition coefficient (Wildman–Crippen LogP) is 4.01. The van der Waals surface area contributed by atoms with Gasteiger partial charge in [-0.05, 0) is 69.3 Å². The molecule has 1 unspecified atom stereocenters. The third-order valence-corrected chi connectivity index (χ3v) is 9.46. The lowest BCUT2D eigenvalue weighted by Crippen LogP contribution is -2.53. The summed E-state index contributed by atoms with van der Waals surface area (Å²) in [4.78, 5) is 19.6. The molecule has 0 spiro atoms. The highest BCUT2D eigenvalue weighted by molar-refractivity contribution is 5.84. The van der Waals surface area contributed by atoms with Crippen LogP contribution in [0.1, 0.15) is 57.2 Å². The van der Waals surface area contributed by atoms with Gasteiger partial charge in [-0.15, -0.1) is 0 Å². The number of β-amino-alcohol motifs (C(OH)–C–C–N with tert-alkyl or cyclic N) is 1. The number of ether oxygens (including phenoxy) is 1. The standard InChI is InChI=1S/C30H38F4N4O4/c1-28(27(35)41)14-22(39)16-38(28)26(40)23-5-3-20(13-24(23)31)21-4-6-25(36-15-21)42-17-19-7-11-37(12-8-19)18-29(9-2-10-29)30(32,33)34/h3-6,13,15,19,22,26,39-40H,2,7-12,14,16-18H2,1H3,(H2,35,41)/t22-,26?,28+/m1/s1. The number of benzene rings is 1. The molecule has 230 valence electrons. The zero-order chi connectivity index (χ0) is 30.3. The van der Waals surface area contributed by atoms with E-state index in [-0.39, 0.29) is 43.8 Å². The van der Waals surface area contributed by atoms with Crippen molar-refractivity contribution < 1.29 is 37.3 Å². The van der Waals surface area contributed by atoms with Crippen molar-refractivity contribution in [3.05, 3.63) is 47.9 Å². The number of carbonyl (C=O) groups is 1. The van der Waals surface area contributed by atoms with Gasteiger partial charge in [0.25, 0.3) is 0 Å². The largest absolute Gasteiger partial charge is 0.477 e.